The molecule has 1 aliphatic carbocycles. The maximum absolute atomic E-state index is 13.3. The molecule has 5 aromatic carbocycles. The lowest BCUT2D eigenvalue weighted by Gasteiger charge is -2.18. The van der Waals surface area contributed by atoms with Crippen molar-refractivity contribution >= 4 is 38.8 Å². The molecule has 1 amide bonds. The first-order chi connectivity index (χ1) is 26.4. The van der Waals surface area contributed by atoms with Crippen LogP contribution in [0.15, 0.2) is 125 Å². The molecule has 0 aliphatic heterocycles. The van der Waals surface area contributed by atoms with Gasteiger partial charge in [-0.05, 0) is 89.8 Å². The molecular weight excluding hydrogens is 713 g/mol. The molecule has 0 radical (unpaired) electrons. The molecule has 0 saturated carbocycles. The van der Waals surface area contributed by atoms with Crippen LogP contribution in [-0.2, 0) is 26.0 Å². The molecule has 1 aliphatic rings. The van der Waals surface area contributed by atoms with Gasteiger partial charge in [-0.1, -0.05) is 121 Å². The molecule has 55 heavy (non-hydrogen) atoms. The van der Waals surface area contributed by atoms with Crippen molar-refractivity contribution in [3.8, 4) is 11.1 Å². The highest BCUT2D eigenvalue weighted by Crippen LogP contribution is 2.44. The van der Waals surface area contributed by atoms with E-state index >= 15 is 0 Å². The average Bonchev–Trinajstić information content (AvgIpc) is 3.46. The Morgan fingerprint density at radius 3 is 2.13 bits per heavy atom. The number of sulfonamides is 1. The SMILES string of the molecule is Cc1cc(C)c(S(=O)(=O)NC(N)=NCCC[C@@H](/C=C/[C@@H](Cc2ccc3ccccc3c2)C(=O)O)NC(=O)OCC2c3ccccc3-c3ccccc32)c(C)c1. The number of ether oxygens (including phenoxy) is 1. The number of benzene rings is 5. The van der Waals surface area contributed by atoms with Gasteiger partial charge in [-0.15, -0.1) is 0 Å². The zero-order valence-electron chi connectivity index (χ0n) is 31.2. The van der Waals surface area contributed by atoms with E-state index in [1.807, 2.05) is 85.8 Å². The van der Waals surface area contributed by atoms with E-state index in [9.17, 15) is 23.1 Å². The maximum Gasteiger partial charge on any atom is 0.407 e. The number of nitrogens with one attached hydrogen (secondary N) is 2. The first kappa shape index (κ1) is 38.8. The summed E-state index contributed by atoms with van der Waals surface area (Å²) < 4.78 is 34.5. The van der Waals surface area contributed by atoms with Gasteiger partial charge >= 0.3 is 12.1 Å². The fraction of sp³-hybridized carbons (Fsp3) is 0.250. The summed E-state index contributed by atoms with van der Waals surface area (Å²) in [7, 11) is -3.97. The van der Waals surface area contributed by atoms with E-state index in [4.69, 9.17) is 10.5 Å². The van der Waals surface area contributed by atoms with E-state index < -0.39 is 34.0 Å². The van der Waals surface area contributed by atoms with E-state index in [-0.39, 0.29) is 36.3 Å². The van der Waals surface area contributed by atoms with Crippen molar-refractivity contribution < 1.29 is 27.9 Å². The van der Waals surface area contributed by atoms with Crippen LogP contribution in [0.3, 0.4) is 0 Å². The van der Waals surface area contributed by atoms with Crippen LogP contribution in [0.1, 0.15) is 52.1 Å². The highest BCUT2D eigenvalue weighted by Gasteiger charge is 2.29. The molecule has 284 valence electrons. The second-order valence-electron chi connectivity index (χ2n) is 14.0. The second-order valence-corrected chi connectivity index (χ2v) is 15.7. The number of aliphatic imine (C=N–C) groups is 1. The van der Waals surface area contributed by atoms with Crippen molar-refractivity contribution in [1.29, 1.82) is 0 Å². The highest BCUT2D eigenvalue weighted by atomic mass is 32.2. The lowest BCUT2D eigenvalue weighted by Crippen LogP contribution is -2.37. The Kier molecular flexibility index (Phi) is 12.0. The monoisotopic (exact) mass is 758 g/mol. The first-order valence-electron chi connectivity index (χ1n) is 18.3. The quantitative estimate of drug-likeness (QED) is 0.0394. The van der Waals surface area contributed by atoms with E-state index in [2.05, 4.69) is 27.2 Å². The molecule has 5 aromatic rings. The molecule has 10 nitrogen and oxygen atoms in total. The zero-order valence-corrected chi connectivity index (χ0v) is 32.0. The van der Waals surface area contributed by atoms with E-state index in [1.165, 1.54) is 0 Å². The van der Waals surface area contributed by atoms with Gasteiger partial charge in [0.2, 0.25) is 5.96 Å². The van der Waals surface area contributed by atoms with Crippen LogP contribution in [0, 0.1) is 26.7 Å². The number of carbonyl (C=O) groups excluding carboxylic acids is 1. The third-order valence-corrected chi connectivity index (χ3v) is 11.5. The van der Waals surface area contributed by atoms with Gasteiger partial charge in [0.25, 0.3) is 10.0 Å². The minimum Gasteiger partial charge on any atom is -0.481 e. The van der Waals surface area contributed by atoms with Crippen molar-refractivity contribution in [1.82, 2.24) is 10.0 Å². The maximum atomic E-state index is 13.3. The molecule has 6 rings (SSSR count). The van der Waals surface area contributed by atoms with Gasteiger partial charge < -0.3 is 20.9 Å². The van der Waals surface area contributed by atoms with Crippen LogP contribution in [0.25, 0.3) is 21.9 Å². The highest BCUT2D eigenvalue weighted by molar-refractivity contribution is 7.90. The minimum absolute atomic E-state index is 0.122. The molecule has 0 heterocycles. The lowest BCUT2D eigenvalue weighted by atomic mass is 9.96. The summed E-state index contributed by atoms with van der Waals surface area (Å²) in [5, 5.41) is 15.1. The van der Waals surface area contributed by atoms with Gasteiger partial charge in [0, 0.05) is 12.5 Å². The van der Waals surface area contributed by atoms with E-state index in [0.29, 0.717) is 24.0 Å². The number of aryl methyl sites for hydroxylation is 3. The fourth-order valence-corrected chi connectivity index (χ4v) is 8.86. The number of nitrogens with two attached hydrogens (primary N) is 1. The predicted molar refractivity (Wildman–Crippen MR) is 217 cm³/mol. The Morgan fingerprint density at radius 1 is 0.855 bits per heavy atom. The standard InChI is InChI=1S/C44H46N4O6S/c1-28-23-29(2)41(30(3)24-28)55(52,53)48-43(45)46-22-10-13-35(21-20-34(42(49)50)26-31-18-19-32-11-4-5-12-33(32)25-31)47-44(51)54-27-40-38-16-8-6-14-36(38)37-15-7-9-17-39(37)40/h4-9,11-12,14-21,23-25,34-35,40H,10,13,22,26-27H2,1-3H3,(H,47,51)(H,49,50)(H3,45,46,48)/b21-20+/t34-,35-/m0/s1. The number of hydrogen-bond donors (Lipinski definition) is 4. The van der Waals surface area contributed by atoms with Crippen LogP contribution >= 0.6 is 0 Å². The van der Waals surface area contributed by atoms with Gasteiger partial charge in [0.1, 0.15) is 6.61 Å². The number of rotatable bonds is 14. The van der Waals surface area contributed by atoms with Crippen LogP contribution in [0.4, 0.5) is 4.79 Å². The summed E-state index contributed by atoms with van der Waals surface area (Å²) in [6.45, 7) is 5.64. The number of fused-ring (bicyclic) bond motifs is 4. The van der Waals surface area contributed by atoms with Gasteiger partial charge in [0.15, 0.2) is 0 Å². The number of carboxylic acids is 1. The fourth-order valence-electron chi connectivity index (χ4n) is 7.46. The molecule has 0 saturated heterocycles. The second kappa shape index (κ2) is 17.0. The number of alkyl carbamates (subject to hydrolysis) is 1. The number of nitrogens with zero attached hydrogens (tertiary/aromatic N) is 1. The summed E-state index contributed by atoms with van der Waals surface area (Å²) in [5.74, 6) is -2.23. The van der Waals surface area contributed by atoms with Crippen molar-refractivity contribution in [3.05, 3.63) is 149 Å². The Hall–Kier alpha value is -5.94. The zero-order chi connectivity index (χ0) is 39.1. The normalized spacial score (nSPS) is 14.0. The van der Waals surface area contributed by atoms with Crippen LogP contribution < -0.4 is 15.8 Å². The topological polar surface area (TPSA) is 160 Å². The predicted octanol–water partition coefficient (Wildman–Crippen LogP) is 7.55. The Morgan fingerprint density at radius 2 is 1.47 bits per heavy atom. The molecular formula is C44H46N4O6S. The molecule has 2 atom stereocenters. The first-order valence-corrected chi connectivity index (χ1v) is 19.8. The largest absolute Gasteiger partial charge is 0.481 e. The smallest absolute Gasteiger partial charge is 0.407 e. The summed E-state index contributed by atoms with van der Waals surface area (Å²) in [4.78, 5) is 30.1. The minimum atomic E-state index is -3.97. The summed E-state index contributed by atoms with van der Waals surface area (Å²) in [5.41, 5.74) is 13.5. The molecule has 11 heteroatoms. The molecule has 0 unspecified atom stereocenters. The number of carbonyl (C=O) groups is 2. The average molecular weight is 759 g/mol. The van der Waals surface area contributed by atoms with Crippen LogP contribution in [0.2, 0.25) is 0 Å². The molecule has 0 aromatic heterocycles. The lowest BCUT2D eigenvalue weighted by molar-refractivity contribution is -0.140. The van der Waals surface area contributed by atoms with Crippen molar-refractivity contribution in [2.24, 2.45) is 16.6 Å². The van der Waals surface area contributed by atoms with Gasteiger partial charge in [-0.3, -0.25) is 9.79 Å². The molecule has 0 bridgehead atoms. The van der Waals surface area contributed by atoms with E-state index in [0.717, 1.165) is 44.2 Å². The van der Waals surface area contributed by atoms with Gasteiger partial charge in [-0.25, -0.2) is 17.9 Å². The van der Waals surface area contributed by atoms with E-state index in [1.54, 1.807) is 38.1 Å². The third kappa shape index (κ3) is 9.42. The summed E-state index contributed by atoms with van der Waals surface area (Å²) in [6, 6.07) is 32.9. The Balaban J connectivity index is 1.14. The Bertz CT molecular complexity index is 2320. The van der Waals surface area contributed by atoms with Gasteiger partial charge in [-0.2, -0.15) is 0 Å². The van der Waals surface area contributed by atoms with Crippen LogP contribution in [-0.4, -0.2) is 50.7 Å². The number of amides is 1. The van der Waals surface area contributed by atoms with Crippen molar-refractivity contribution in [2.75, 3.05) is 13.2 Å². The number of guanidine groups is 1. The number of aliphatic carboxylic acids is 1. The summed E-state index contributed by atoms with van der Waals surface area (Å²) >= 11 is 0. The third-order valence-electron chi connectivity index (χ3n) is 9.88. The van der Waals surface area contributed by atoms with Gasteiger partial charge in [0.05, 0.1) is 16.9 Å². The number of hydrogen-bond acceptors (Lipinski definition) is 6. The summed E-state index contributed by atoms with van der Waals surface area (Å²) in [6.07, 6.45) is 3.64. The molecule has 0 spiro atoms. The molecule has 0 fully saturated rings. The van der Waals surface area contributed by atoms with Crippen molar-refractivity contribution in [3.63, 3.8) is 0 Å². The van der Waals surface area contributed by atoms with Crippen LogP contribution in [0.5, 0.6) is 0 Å². The Labute approximate surface area is 322 Å². The number of carboxylic acid groups (broad SMARTS) is 1. The van der Waals surface area contributed by atoms with Crippen molar-refractivity contribution in [2.45, 2.75) is 56.9 Å². The molecule has 5 N–H and O–H groups in total.